The molecule has 0 saturated carbocycles. The zero-order valence-electron chi connectivity index (χ0n) is 25.0. The molecule has 0 nitrogen and oxygen atoms in total. The van der Waals surface area contributed by atoms with Crippen LogP contribution in [-0.4, -0.2) is 5.43 Å². The average Bonchev–Trinajstić information content (AvgIpc) is 3.57. The van der Waals surface area contributed by atoms with E-state index in [4.69, 9.17) is 17.0 Å². The molecule has 6 aromatic carbocycles. The molecule has 0 aromatic heterocycles. The fourth-order valence-corrected chi connectivity index (χ4v) is 20.4. The van der Waals surface area contributed by atoms with Crippen molar-refractivity contribution in [2.75, 3.05) is 0 Å². The summed E-state index contributed by atoms with van der Waals surface area (Å²) in [5.41, 5.74) is 2.05. The zero-order valence-corrected chi connectivity index (χ0v) is 30.0. The molecule has 0 aliphatic carbocycles. The molecular formula is C38H40Cl2SiZr-2. The molecule has 0 atom stereocenters. The van der Waals surface area contributed by atoms with E-state index < -0.39 is 23.4 Å². The predicted octanol–water partition coefficient (Wildman–Crippen LogP) is 10.2. The summed E-state index contributed by atoms with van der Waals surface area (Å²) in [4.78, 5) is 0. The summed E-state index contributed by atoms with van der Waals surface area (Å²) >= 11 is -2.26. The molecule has 0 bridgehead atoms. The van der Waals surface area contributed by atoms with Crippen molar-refractivity contribution < 1.29 is 18.0 Å². The van der Waals surface area contributed by atoms with Crippen LogP contribution < -0.4 is 10.4 Å². The molecule has 0 radical (unpaired) electrons. The topological polar surface area (TPSA) is 0 Å². The molecule has 0 N–H and O–H groups in total. The third-order valence-electron chi connectivity index (χ3n) is 6.96. The predicted molar refractivity (Wildman–Crippen MR) is 186 cm³/mol. The molecule has 6 rings (SSSR count). The Kier molecular flexibility index (Phi) is 12.9. The average molecular weight is 687 g/mol. The summed E-state index contributed by atoms with van der Waals surface area (Å²) in [5, 5.41) is 8.16. The van der Waals surface area contributed by atoms with Crippen LogP contribution in [0.2, 0.25) is 0 Å². The van der Waals surface area contributed by atoms with Crippen LogP contribution >= 0.6 is 17.0 Å². The molecule has 0 aliphatic heterocycles. The molecule has 216 valence electrons. The Morgan fingerprint density at radius 1 is 0.548 bits per heavy atom. The minimum atomic E-state index is -2.26. The van der Waals surface area contributed by atoms with E-state index in [1.807, 2.05) is 12.1 Å². The number of halogens is 2. The van der Waals surface area contributed by atoms with Gasteiger partial charge in [-0.15, -0.1) is 81.2 Å². The minimum absolute atomic E-state index is 0.747. The Labute approximate surface area is 267 Å². The quantitative estimate of drug-likeness (QED) is 0.121. The maximum atomic E-state index is 6.32. The SMILES string of the molecule is CC(C)Cc1cc2ccccc2[cH-]1.CC(C)Cc1cc2ccccc2[cH-]1.[Cl][Zr]([Cl])=[Si](c1ccccc1)c1ccccc1. The van der Waals surface area contributed by atoms with Gasteiger partial charge in [-0.3, -0.25) is 0 Å². The van der Waals surface area contributed by atoms with E-state index in [1.54, 1.807) is 0 Å². The molecule has 42 heavy (non-hydrogen) atoms. The summed E-state index contributed by atoms with van der Waals surface area (Å²) < 4.78 is 0. The van der Waals surface area contributed by atoms with Crippen LogP contribution in [0, 0.1) is 11.8 Å². The van der Waals surface area contributed by atoms with Crippen LogP contribution in [0.3, 0.4) is 0 Å². The third kappa shape index (κ3) is 9.92. The van der Waals surface area contributed by atoms with Gasteiger partial charge in [0.15, 0.2) is 0 Å². The molecule has 0 spiro atoms. The van der Waals surface area contributed by atoms with E-state index in [2.05, 4.69) is 149 Å². The third-order valence-corrected chi connectivity index (χ3v) is 22.9. The van der Waals surface area contributed by atoms with Crippen LogP contribution in [0.4, 0.5) is 0 Å². The van der Waals surface area contributed by atoms with E-state index in [9.17, 15) is 0 Å². The Bertz CT molecular complexity index is 1500. The summed E-state index contributed by atoms with van der Waals surface area (Å²) in [5.74, 6) is 1.49. The number of hydrogen-bond donors (Lipinski definition) is 0. The fraction of sp³-hybridized carbons (Fsp3) is 0.211. The van der Waals surface area contributed by atoms with Crippen molar-refractivity contribution >= 4 is 54.4 Å². The summed E-state index contributed by atoms with van der Waals surface area (Å²) in [6.07, 6.45) is 2.38. The van der Waals surface area contributed by atoms with Crippen molar-refractivity contribution in [3.63, 3.8) is 0 Å². The number of fused-ring (bicyclic) bond motifs is 2. The van der Waals surface area contributed by atoms with Gasteiger partial charge >= 0.3 is 111 Å². The first-order valence-corrected chi connectivity index (χ1v) is 26.3. The van der Waals surface area contributed by atoms with Crippen molar-refractivity contribution in [1.82, 2.24) is 0 Å². The molecule has 4 heteroatoms. The van der Waals surface area contributed by atoms with E-state index in [0.717, 1.165) is 11.8 Å². The number of hydrogen-bond acceptors (Lipinski definition) is 0. The molecular weight excluding hydrogens is 647 g/mol. The molecule has 0 amide bonds. The molecule has 0 unspecified atom stereocenters. The molecule has 0 fully saturated rings. The summed E-state index contributed by atoms with van der Waals surface area (Å²) in [6.45, 7) is 9.05. The number of rotatable bonds is 6. The van der Waals surface area contributed by atoms with Gasteiger partial charge in [0.25, 0.3) is 0 Å². The van der Waals surface area contributed by atoms with Crippen molar-refractivity contribution in [3.8, 4) is 0 Å². The van der Waals surface area contributed by atoms with Gasteiger partial charge in [0.2, 0.25) is 0 Å². The van der Waals surface area contributed by atoms with Crippen LogP contribution in [0.25, 0.3) is 21.5 Å². The van der Waals surface area contributed by atoms with Gasteiger partial charge in [0, 0.05) is 0 Å². The monoisotopic (exact) mass is 684 g/mol. The first-order chi connectivity index (χ1) is 20.3. The first kappa shape index (κ1) is 32.7. The summed E-state index contributed by atoms with van der Waals surface area (Å²) in [7, 11) is 12.6. The van der Waals surface area contributed by atoms with Crippen LogP contribution in [0.5, 0.6) is 0 Å². The van der Waals surface area contributed by atoms with Gasteiger partial charge in [0.1, 0.15) is 0 Å². The van der Waals surface area contributed by atoms with Gasteiger partial charge in [-0.25, -0.2) is 0 Å². The number of benzene rings is 4. The second-order valence-corrected chi connectivity index (χ2v) is 30.7. The molecule has 0 saturated heterocycles. The van der Waals surface area contributed by atoms with E-state index >= 15 is 0 Å². The van der Waals surface area contributed by atoms with Gasteiger partial charge in [-0.1, -0.05) is 39.8 Å². The van der Waals surface area contributed by atoms with Crippen LogP contribution in [-0.2, 0) is 30.8 Å². The van der Waals surface area contributed by atoms with Crippen molar-refractivity contribution in [2.45, 2.75) is 40.5 Å². The first-order valence-electron chi connectivity index (χ1n) is 14.7. The molecule has 6 aromatic rings. The van der Waals surface area contributed by atoms with Gasteiger partial charge < -0.3 is 0 Å². The second-order valence-electron chi connectivity index (χ2n) is 11.5. The van der Waals surface area contributed by atoms with Crippen molar-refractivity contribution in [1.29, 1.82) is 0 Å². The van der Waals surface area contributed by atoms with Crippen LogP contribution in [0.15, 0.2) is 133 Å². The normalized spacial score (nSPS) is 10.8. The summed E-state index contributed by atoms with van der Waals surface area (Å²) in [6, 6.07) is 47.2. The zero-order chi connectivity index (χ0) is 29.9. The van der Waals surface area contributed by atoms with E-state index in [1.165, 1.54) is 55.9 Å². The van der Waals surface area contributed by atoms with Gasteiger partial charge in [-0.05, 0) is 24.7 Å². The Morgan fingerprint density at radius 3 is 1.24 bits per heavy atom. The Morgan fingerprint density at radius 2 is 0.905 bits per heavy atom. The fourth-order valence-electron chi connectivity index (χ4n) is 5.20. The molecule has 0 heterocycles. The van der Waals surface area contributed by atoms with E-state index in [-0.39, 0.29) is 0 Å². The van der Waals surface area contributed by atoms with Crippen LogP contribution in [0.1, 0.15) is 38.8 Å². The molecule has 0 aliphatic rings. The Balaban J connectivity index is 0.000000146. The van der Waals surface area contributed by atoms with Crippen molar-refractivity contribution in [2.24, 2.45) is 11.8 Å². The Hall–Kier alpha value is -2.22. The van der Waals surface area contributed by atoms with Gasteiger partial charge in [0.05, 0.1) is 0 Å². The second kappa shape index (κ2) is 16.6. The van der Waals surface area contributed by atoms with Gasteiger partial charge in [-0.2, -0.15) is 12.1 Å². The van der Waals surface area contributed by atoms with Crippen molar-refractivity contribution in [3.05, 3.63) is 145 Å². The maximum absolute atomic E-state index is 6.32. The van der Waals surface area contributed by atoms with E-state index in [0.29, 0.717) is 0 Å². The standard InChI is InChI=1S/2C13H15.C12H10Si.2ClH.Zr/c2*1-10(2)7-11-8-12-5-3-4-6-13(12)9-11;1-3-7-11(8-4-1)13-12-9-5-2-6-10-12;;;/h2*3-6,8-10H,7H2,1-2H3;1-10H;2*1H;/q2*-1;;;;+2/p-2.